The molecule has 0 radical (unpaired) electrons. The van der Waals surface area contributed by atoms with Gasteiger partial charge in [0.05, 0.1) is 12.0 Å². The van der Waals surface area contributed by atoms with Gasteiger partial charge in [0, 0.05) is 25.6 Å². The van der Waals surface area contributed by atoms with Crippen LogP contribution in [0, 0.1) is 29.6 Å². The maximum Gasteiger partial charge on any atom is 0.309 e. The van der Waals surface area contributed by atoms with Crippen LogP contribution in [0.1, 0.15) is 57.8 Å². The van der Waals surface area contributed by atoms with Crippen LogP contribution in [0.15, 0.2) is 0 Å². The number of rotatable bonds is 4. The molecule has 140 valence electrons. The molecule has 2 aliphatic carbocycles. The number of likely N-dealkylation sites (tertiary alicyclic amines) is 1. The summed E-state index contributed by atoms with van der Waals surface area (Å²) in [4.78, 5) is 26.2. The number of aliphatic carboxylic acids is 1. The Hall–Kier alpha value is -1.10. The zero-order chi connectivity index (χ0) is 17.4. The predicted molar refractivity (Wildman–Crippen MR) is 93.0 cm³/mol. The Balaban J connectivity index is 1.26. The summed E-state index contributed by atoms with van der Waals surface area (Å²) in [5, 5.41) is 9.34. The summed E-state index contributed by atoms with van der Waals surface area (Å²) in [5.74, 6) is 1.32. The first-order chi connectivity index (χ1) is 12.1. The van der Waals surface area contributed by atoms with Gasteiger partial charge in [-0.2, -0.15) is 0 Å². The van der Waals surface area contributed by atoms with E-state index < -0.39 is 5.97 Å². The van der Waals surface area contributed by atoms with Crippen molar-refractivity contribution in [3.63, 3.8) is 0 Å². The largest absolute Gasteiger partial charge is 0.481 e. The number of carboxylic acid groups (broad SMARTS) is 1. The minimum Gasteiger partial charge on any atom is -0.481 e. The average molecular weight is 349 g/mol. The predicted octanol–water partition coefficient (Wildman–Crippen LogP) is 2.93. The maximum atomic E-state index is 12.8. The van der Waals surface area contributed by atoms with E-state index in [1.54, 1.807) is 0 Å². The third-order valence-electron chi connectivity index (χ3n) is 7.18. The molecule has 4 rings (SSSR count). The van der Waals surface area contributed by atoms with Crippen LogP contribution in [-0.4, -0.2) is 47.7 Å². The lowest BCUT2D eigenvalue weighted by Crippen LogP contribution is -2.44. The fourth-order valence-corrected chi connectivity index (χ4v) is 5.60. The SMILES string of the molecule is O=C(O)C1CCO[C@H]1C1CCN(C(=O)C2CC2C2CCCCC2)CC1. The number of nitrogens with zero attached hydrogens (tertiary/aromatic N) is 1. The van der Waals surface area contributed by atoms with Gasteiger partial charge in [0.1, 0.15) is 0 Å². The van der Waals surface area contributed by atoms with Crippen molar-refractivity contribution < 1.29 is 19.4 Å². The molecule has 5 nitrogen and oxygen atoms in total. The molecule has 1 amide bonds. The molecule has 2 heterocycles. The lowest BCUT2D eigenvalue weighted by atomic mass is 9.83. The van der Waals surface area contributed by atoms with Crippen LogP contribution in [0.2, 0.25) is 0 Å². The Morgan fingerprint density at radius 2 is 1.60 bits per heavy atom. The molecule has 3 unspecified atom stereocenters. The molecule has 0 aromatic heterocycles. The molecular weight excluding hydrogens is 318 g/mol. The van der Waals surface area contributed by atoms with Crippen LogP contribution >= 0.6 is 0 Å². The molecule has 0 aromatic carbocycles. The number of carboxylic acids is 1. The molecule has 0 aromatic rings. The molecule has 2 saturated heterocycles. The topological polar surface area (TPSA) is 66.8 Å². The van der Waals surface area contributed by atoms with Crippen molar-refractivity contribution in [1.29, 1.82) is 0 Å². The van der Waals surface area contributed by atoms with Crippen molar-refractivity contribution in [2.75, 3.05) is 19.7 Å². The van der Waals surface area contributed by atoms with Crippen molar-refractivity contribution >= 4 is 11.9 Å². The molecule has 25 heavy (non-hydrogen) atoms. The van der Waals surface area contributed by atoms with Crippen molar-refractivity contribution in [3.05, 3.63) is 0 Å². The van der Waals surface area contributed by atoms with E-state index in [-0.39, 0.29) is 17.9 Å². The fourth-order valence-electron chi connectivity index (χ4n) is 5.60. The molecule has 0 spiro atoms. The highest BCUT2D eigenvalue weighted by molar-refractivity contribution is 5.81. The fraction of sp³-hybridized carbons (Fsp3) is 0.900. The van der Waals surface area contributed by atoms with Crippen molar-refractivity contribution in [1.82, 2.24) is 4.90 Å². The molecule has 2 aliphatic heterocycles. The van der Waals surface area contributed by atoms with Gasteiger partial charge in [0.15, 0.2) is 0 Å². The number of ether oxygens (including phenoxy) is 1. The highest BCUT2D eigenvalue weighted by Crippen LogP contribution is 2.50. The number of carbonyl (C=O) groups is 2. The van der Waals surface area contributed by atoms with Gasteiger partial charge in [-0.3, -0.25) is 9.59 Å². The molecule has 2 saturated carbocycles. The summed E-state index contributed by atoms with van der Waals surface area (Å²) in [6.45, 7) is 2.12. The normalized spacial score (nSPS) is 37.2. The number of hydrogen-bond acceptors (Lipinski definition) is 3. The van der Waals surface area contributed by atoms with E-state index in [0.29, 0.717) is 30.8 Å². The van der Waals surface area contributed by atoms with Gasteiger partial charge in [0.2, 0.25) is 5.91 Å². The van der Waals surface area contributed by atoms with Crippen molar-refractivity contribution in [3.8, 4) is 0 Å². The smallest absolute Gasteiger partial charge is 0.309 e. The summed E-state index contributed by atoms with van der Waals surface area (Å²) in [6, 6.07) is 0. The van der Waals surface area contributed by atoms with Gasteiger partial charge in [-0.05, 0) is 43.4 Å². The summed E-state index contributed by atoms with van der Waals surface area (Å²) in [7, 11) is 0. The Morgan fingerprint density at radius 3 is 2.28 bits per heavy atom. The zero-order valence-corrected chi connectivity index (χ0v) is 15.1. The first-order valence-corrected chi connectivity index (χ1v) is 10.3. The minimum atomic E-state index is -0.727. The van der Waals surface area contributed by atoms with Crippen molar-refractivity contribution in [2.45, 2.75) is 63.9 Å². The Labute approximate surface area is 150 Å². The first-order valence-electron chi connectivity index (χ1n) is 10.3. The lowest BCUT2D eigenvalue weighted by molar-refractivity contribution is -0.146. The second kappa shape index (κ2) is 7.26. The number of carbonyl (C=O) groups excluding carboxylic acids is 1. The van der Waals surface area contributed by atoms with E-state index in [4.69, 9.17) is 4.74 Å². The molecule has 4 fully saturated rings. The maximum absolute atomic E-state index is 12.8. The van der Waals surface area contributed by atoms with Gasteiger partial charge >= 0.3 is 5.97 Å². The molecular formula is C20H31NO4. The first kappa shape index (κ1) is 17.3. The second-order valence-corrected chi connectivity index (χ2v) is 8.64. The molecule has 1 N–H and O–H groups in total. The van der Waals surface area contributed by atoms with Crippen LogP contribution in [-0.2, 0) is 14.3 Å². The zero-order valence-electron chi connectivity index (χ0n) is 15.1. The Bertz CT molecular complexity index is 508. The standard InChI is InChI=1S/C20H31NO4/c22-19(17-12-16(17)13-4-2-1-3-5-13)21-9-6-14(7-10-21)18-15(20(23)24)8-11-25-18/h13-18H,1-12H2,(H,23,24)/t15?,16?,17?,18-/m0/s1. The van der Waals surface area contributed by atoms with E-state index in [2.05, 4.69) is 4.90 Å². The number of amides is 1. The quantitative estimate of drug-likeness (QED) is 0.847. The van der Waals surface area contributed by atoms with Crippen molar-refractivity contribution in [2.24, 2.45) is 29.6 Å². The average Bonchev–Trinajstić information content (AvgIpc) is 3.29. The van der Waals surface area contributed by atoms with Gasteiger partial charge in [-0.1, -0.05) is 32.1 Å². The molecule has 0 bridgehead atoms. The summed E-state index contributed by atoms with van der Waals surface area (Å²) in [6.07, 6.45) is 10.1. The van der Waals surface area contributed by atoms with Crippen LogP contribution in [0.5, 0.6) is 0 Å². The summed E-state index contributed by atoms with van der Waals surface area (Å²) in [5.41, 5.74) is 0. The second-order valence-electron chi connectivity index (χ2n) is 8.64. The van der Waals surface area contributed by atoms with Crippen LogP contribution in [0.3, 0.4) is 0 Å². The van der Waals surface area contributed by atoms with Crippen LogP contribution < -0.4 is 0 Å². The summed E-state index contributed by atoms with van der Waals surface area (Å²) >= 11 is 0. The number of piperidine rings is 1. The monoisotopic (exact) mass is 349 g/mol. The number of hydrogen-bond donors (Lipinski definition) is 1. The third-order valence-corrected chi connectivity index (χ3v) is 7.18. The van der Waals surface area contributed by atoms with E-state index in [0.717, 1.165) is 38.3 Å². The van der Waals surface area contributed by atoms with E-state index in [1.807, 2.05) is 0 Å². The van der Waals surface area contributed by atoms with E-state index in [1.165, 1.54) is 32.1 Å². The summed E-state index contributed by atoms with van der Waals surface area (Å²) < 4.78 is 5.73. The van der Waals surface area contributed by atoms with E-state index in [9.17, 15) is 14.7 Å². The van der Waals surface area contributed by atoms with Gasteiger partial charge < -0.3 is 14.7 Å². The van der Waals surface area contributed by atoms with Crippen LogP contribution in [0.25, 0.3) is 0 Å². The van der Waals surface area contributed by atoms with E-state index >= 15 is 0 Å². The lowest BCUT2D eigenvalue weighted by Gasteiger charge is -2.36. The van der Waals surface area contributed by atoms with Gasteiger partial charge in [-0.25, -0.2) is 0 Å². The Morgan fingerprint density at radius 1 is 0.880 bits per heavy atom. The highest BCUT2D eigenvalue weighted by atomic mass is 16.5. The Kier molecular flexibility index (Phi) is 5.03. The van der Waals surface area contributed by atoms with Gasteiger partial charge in [0.25, 0.3) is 0 Å². The minimum absolute atomic E-state index is 0.148. The van der Waals surface area contributed by atoms with Gasteiger partial charge in [-0.15, -0.1) is 0 Å². The van der Waals surface area contributed by atoms with Crippen LogP contribution in [0.4, 0.5) is 0 Å². The molecule has 4 atom stereocenters. The highest BCUT2D eigenvalue weighted by Gasteiger charge is 2.49. The molecule has 5 heteroatoms. The third kappa shape index (κ3) is 3.57. The molecule has 4 aliphatic rings.